The van der Waals surface area contributed by atoms with E-state index in [2.05, 4.69) is 29.2 Å². The predicted molar refractivity (Wildman–Crippen MR) is 79.7 cm³/mol. The van der Waals surface area contributed by atoms with Crippen molar-refractivity contribution in [2.75, 3.05) is 46.9 Å². The Balaban J connectivity index is 1.63. The summed E-state index contributed by atoms with van der Waals surface area (Å²) in [7, 11) is 4.13. The number of nitrogens with one attached hydrogen (secondary N) is 1. The Hall–Kier alpha value is -0.650. The minimum Gasteiger partial charge on any atom is -0.374 e. The number of hydrogen-bond donors (Lipinski definition) is 1. The zero-order valence-electron chi connectivity index (χ0n) is 12.9. The van der Waals surface area contributed by atoms with Gasteiger partial charge in [0.05, 0.1) is 12.7 Å². The average molecular weight is 283 g/mol. The van der Waals surface area contributed by atoms with E-state index in [9.17, 15) is 4.79 Å². The Labute approximate surface area is 122 Å². The summed E-state index contributed by atoms with van der Waals surface area (Å²) in [6, 6.07) is 0.439. The topological polar surface area (TPSA) is 44.8 Å². The molecule has 1 heterocycles. The van der Waals surface area contributed by atoms with Crippen molar-refractivity contribution in [1.82, 2.24) is 15.1 Å². The molecule has 1 aliphatic carbocycles. The summed E-state index contributed by atoms with van der Waals surface area (Å²) in [5.74, 6) is 0.215. The first kappa shape index (κ1) is 15.7. The Morgan fingerprint density at radius 3 is 2.80 bits per heavy atom. The monoisotopic (exact) mass is 283 g/mol. The number of morpholine rings is 1. The van der Waals surface area contributed by atoms with Gasteiger partial charge in [0.2, 0.25) is 5.91 Å². The van der Waals surface area contributed by atoms with Gasteiger partial charge in [0, 0.05) is 38.6 Å². The van der Waals surface area contributed by atoms with Gasteiger partial charge in [0.1, 0.15) is 0 Å². The maximum absolute atomic E-state index is 11.9. The molecule has 1 unspecified atom stereocenters. The van der Waals surface area contributed by atoms with Crippen molar-refractivity contribution in [2.45, 2.75) is 44.2 Å². The van der Waals surface area contributed by atoms with Gasteiger partial charge in [0.25, 0.3) is 0 Å². The Morgan fingerprint density at radius 1 is 1.35 bits per heavy atom. The van der Waals surface area contributed by atoms with E-state index >= 15 is 0 Å². The third-order valence-electron chi connectivity index (χ3n) is 4.17. The lowest BCUT2D eigenvalue weighted by atomic mass is 10.2. The van der Waals surface area contributed by atoms with Gasteiger partial charge < -0.3 is 15.0 Å². The Kier molecular flexibility index (Phi) is 6.26. The van der Waals surface area contributed by atoms with Crippen LogP contribution in [0.5, 0.6) is 0 Å². The predicted octanol–water partition coefficient (Wildman–Crippen LogP) is 0.698. The molecule has 1 saturated heterocycles. The highest BCUT2D eigenvalue weighted by Crippen LogP contribution is 2.17. The molecule has 2 aliphatic rings. The molecule has 0 radical (unpaired) electrons. The fraction of sp³-hybridized carbons (Fsp3) is 0.933. The molecular formula is C15H29N3O2. The Bertz CT molecular complexity index is 303. The molecule has 2 fully saturated rings. The van der Waals surface area contributed by atoms with Crippen molar-refractivity contribution >= 4 is 5.91 Å². The van der Waals surface area contributed by atoms with Gasteiger partial charge in [-0.15, -0.1) is 0 Å². The van der Waals surface area contributed by atoms with E-state index in [0.29, 0.717) is 12.5 Å². The fourth-order valence-corrected chi connectivity index (χ4v) is 3.13. The molecule has 0 aromatic carbocycles. The average Bonchev–Trinajstić information content (AvgIpc) is 2.89. The molecule has 20 heavy (non-hydrogen) atoms. The van der Waals surface area contributed by atoms with E-state index < -0.39 is 0 Å². The van der Waals surface area contributed by atoms with E-state index in [1.807, 2.05) is 0 Å². The summed E-state index contributed by atoms with van der Waals surface area (Å²) >= 11 is 0. The maximum Gasteiger partial charge on any atom is 0.221 e. The van der Waals surface area contributed by atoms with E-state index in [-0.39, 0.29) is 12.0 Å². The standard InChI is InChI=1S/C15H29N3O2/c1-17(2)11-14-12-18(9-10-20-14)8-7-15(19)16-13-5-3-4-6-13/h13-14H,3-12H2,1-2H3,(H,16,19). The van der Waals surface area contributed by atoms with Gasteiger partial charge in [-0.3, -0.25) is 9.69 Å². The molecule has 1 N–H and O–H groups in total. The third-order valence-corrected chi connectivity index (χ3v) is 4.17. The van der Waals surface area contributed by atoms with E-state index in [0.717, 1.165) is 45.6 Å². The van der Waals surface area contributed by atoms with Crippen molar-refractivity contribution < 1.29 is 9.53 Å². The van der Waals surface area contributed by atoms with Crippen molar-refractivity contribution in [3.05, 3.63) is 0 Å². The number of carbonyl (C=O) groups excluding carboxylic acids is 1. The van der Waals surface area contributed by atoms with Crippen LogP contribution < -0.4 is 5.32 Å². The minimum absolute atomic E-state index is 0.215. The number of hydrogen-bond acceptors (Lipinski definition) is 4. The molecule has 1 saturated carbocycles. The van der Waals surface area contributed by atoms with Gasteiger partial charge >= 0.3 is 0 Å². The second kappa shape index (κ2) is 7.96. The zero-order valence-corrected chi connectivity index (χ0v) is 12.9. The van der Waals surface area contributed by atoms with Crippen LogP contribution in [0.3, 0.4) is 0 Å². The van der Waals surface area contributed by atoms with Gasteiger partial charge in [-0.25, -0.2) is 0 Å². The molecule has 1 amide bonds. The van der Waals surface area contributed by atoms with Gasteiger partial charge in [-0.1, -0.05) is 12.8 Å². The van der Waals surface area contributed by atoms with Crippen LogP contribution in [-0.2, 0) is 9.53 Å². The smallest absolute Gasteiger partial charge is 0.221 e. The van der Waals surface area contributed by atoms with Crippen LogP contribution >= 0.6 is 0 Å². The fourth-order valence-electron chi connectivity index (χ4n) is 3.13. The van der Waals surface area contributed by atoms with Crippen LogP contribution in [0.2, 0.25) is 0 Å². The first-order valence-electron chi connectivity index (χ1n) is 7.91. The molecule has 0 aromatic rings. The summed E-state index contributed by atoms with van der Waals surface area (Å²) in [6.45, 7) is 4.47. The van der Waals surface area contributed by atoms with Crippen molar-refractivity contribution in [2.24, 2.45) is 0 Å². The summed E-state index contributed by atoms with van der Waals surface area (Å²) in [6.07, 6.45) is 5.74. The highest BCUT2D eigenvalue weighted by molar-refractivity contribution is 5.76. The lowest BCUT2D eigenvalue weighted by molar-refractivity contribution is -0.122. The van der Waals surface area contributed by atoms with Crippen molar-refractivity contribution in [1.29, 1.82) is 0 Å². The minimum atomic E-state index is 0.215. The van der Waals surface area contributed by atoms with E-state index in [1.54, 1.807) is 0 Å². The van der Waals surface area contributed by atoms with Crippen LogP contribution in [0.4, 0.5) is 0 Å². The summed E-state index contributed by atoms with van der Waals surface area (Å²) < 4.78 is 5.75. The molecule has 0 aromatic heterocycles. The number of amides is 1. The summed E-state index contributed by atoms with van der Waals surface area (Å²) in [4.78, 5) is 16.4. The van der Waals surface area contributed by atoms with Crippen LogP contribution in [0.1, 0.15) is 32.1 Å². The molecule has 5 nitrogen and oxygen atoms in total. The number of ether oxygens (including phenoxy) is 1. The van der Waals surface area contributed by atoms with Gasteiger partial charge in [0.15, 0.2) is 0 Å². The van der Waals surface area contributed by atoms with Gasteiger partial charge in [-0.05, 0) is 26.9 Å². The van der Waals surface area contributed by atoms with Crippen molar-refractivity contribution in [3.63, 3.8) is 0 Å². The summed E-state index contributed by atoms with van der Waals surface area (Å²) in [5.41, 5.74) is 0. The molecule has 1 aliphatic heterocycles. The quantitative estimate of drug-likeness (QED) is 0.779. The largest absolute Gasteiger partial charge is 0.374 e. The van der Waals surface area contributed by atoms with Crippen LogP contribution in [0.25, 0.3) is 0 Å². The van der Waals surface area contributed by atoms with Crippen molar-refractivity contribution in [3.8, 4) is 0 Å². The first-order chi connectivity index (χ1) is 9.63. The highest BCUT2D eigenvalue weighted by atomic mass is 16.5. The molecule has 0 bridgehead atoms. The molecule has 2 rings (SSSR count). The highest BCUT2D eigenvalue weighted by Gasteiger charge is 2.22. The number of rotatable bonds is 6. The maximum atomic E-state index is 11.9. The molecule has 116 valence electrons. The van der Waals surface area contributed by atoms with Gasteiger partial charge in [-0.2, -0.15) is 0 Å². The van der Waals surface area contributed by atoms with E-state index in [1.165, 1.54) is 12.8 Å². The van der Waals surface area contributed by atoms with Crippen LogP contribution in [0, 0.1) is 0 Å². The summed E-state index contributed by atoms with van der Waals surface area (Å²) in [5, 5.41) is 3.16. The van der Waals surface area contributed by atoms with Crippen LogP contribution in [0.15, 0.2) is 0 Å². The second-order valence-corrected chi connectivity index (χ2v) is 6.35. The number of likely N-dealkylation sites (N-methyl/N-ethyl adjacent to an activating group) is 1. The third kappa shape index (κ3) is 5.38. The molecular weight excluding hydrogens is 254 g/mol. The molecule has 0 spiro atoms. The number of carbonyl (C=O) groups is 1. The molecule has 1 atom stereocenters. The Morgan fingerprint density at radius 2 is 2.10 bits per heavy atom. The molecule has 5 heteroatoms. The lowest BCUT2D eigenvalue weighted by Gasteiger charge is -2.34. The number of nitrogens with zero attached hydrogens (tertiary/aromatic N) is 2. The van der Waals surface area contributed by atoms with E-state index in [4.69, 9.17) is 4.74 Å². The first-order valence-corrected chi connectivity index (χ1v) is 7.91. The SMILES string of the molecule is CN(C)CC1CN(CCC(=O)NC2CCCC2)CCO1. The van der Waals surface area contributed by atoms with Crippen LogP contribution in [-0.4, -0.2) is 74.7 Å². The normalized spacial score (nSPS) is 25.2. The lowest BCUT2D eigenvalue weighted by Crippen LogP contribution is -2.47. The zero-order chi connectivity index (χ0) is 14.4. The second-order valence-electron chi connectivity index (χ2n) is 6.35.